The average molecular weight is 858 g/mol. The summed E-state index contributed by atoms with van der Waals surface area (Å²) < 4.78 is 37.8. The molecule has 324 valence electrons. The second-order valence-corrected chi connectivity index (χ2v) is 15.7. The van der Waals surface area contributed by atoms with Gasteiger partial charge in [-0.2, -0.15) is 0 Å². The summed E-state index contributed by atoms with van der Waals surface area (Å²) in [6.45, 7) is 5.88. The van der Waals surface area contributed by atoms with E-state index in [0.29, 0.717) is 36.1 Å². The van der Waals surface area contributed by atoms with Crippen LogP contribution in [0.1, 0.15) is 120 Å². The van der Waals surface area contributed by atoms with E-state index in [0.717, 1.165) is 77.3 Å². The van der Waals surface area contributed by atoms with Crippen molar-refractivity contribution < 1.29 is 33.3 Å². The van der Waals surface area contributed by atoms with Crippen molar-refractivity contribution >= 4 is 36.4 Å². The number of methoxy groups -OCH3 is 2. The summed E-state index contributed by atoms with van der Waals surface area (Å²) in [4.78, 5) is 24.3. The Labute approximate surface area is 362 Å². The van der Waals surface area contributed by atoms with Gasteiger partial charge in [0, 0.05) is 50.3 Å². The van der Waals surface area contributed by atoms with Crippen molar-refractivity contribution in [2.24, 2.45) is 0 Å². The lowest BCUT2D eigenvalue weighted by molar-refractivity contribution is -0.0501. The van der Waals surface area contributed by atoms with Crippen LogP contribution in [0.4, 0.5) is 8.78 Å². The first-order chi connectivity index (χ1) is 27.0. The molecule has 0 heterocycles. The summed E-state index contributed by atoms with van der Waals surface area (Å²) in [5.41, 5.74) is 5.90. The Morgan fingerprint density at radius 3 is 1.24 bits per heavy atom. The van der Waals surface area contributed by atoms with Gasteiger partial charge in [0.25, 0.3) is 0 Å². The van der Waals surface area contributed by atoms with Gasteiger partial charge in [0.2, 0.25) is 0 Å². The number of benzene rings is 4. The van der Waals surface area contributed by atoms with Crippen LogP contribution in [0.15, 0.2) is 97.1 Å². The summed E-state index contributed by atoms with van der Waals surface area (Å²) in [6, 6.07) is 29.8. The van der Waals surface area contributed by atoms with Crippen LogP contribution in [0, 0.1) is 25.5 Å². The van der Waals surface area contributed by atoms with Gasteiger partial charge in [0.05, 0.1) is 11.2 Å². The number of ether oxygens (including phenoxy) is 2. The number of aryl methyl sites for hydroxylation is 2. The zero-order valence-electron chi connectivity index (χ0n) is 35.0. The molecule has 6 rings (SSSR count). The van der Waals surface area contributed by atoms with E-state index < -0.39 is 0 Å². The third-order valence-corrected chi connectivity index (χ3v) is 11.8. The normalized spacial score (nSPS) is 21.1. The standard InChI is InChI=1S/2C24H30FNO2.2ClH.H2O/c2*1-18-5-3-6-20(17-18)24(28-2)14-12-22(13-15-24)26-16-4-7-23(27)19-8-10-21(25)11-9-19;;;/h2*3,5-6,8-11,17,22,26H,4,7,12-16H2,1-2H3;2*1H;1H2. The number of carbonyl (C=O) groups is 2. The summed E-state index contributed by atoms with van der Waals surface area (Å²) in [5, 5.41) is 7.19. The molecule has 2 fully saturated rings. The van der Waals surface area contributed by atoms with Gasteiger partial charge in [-0.3, -0.25) is 9.59 Å². The van der Waals surface area contributed by atoms with Crippen molar-refractivity contribution in [2.45, 2.75) is 114 Å². The monoisotopic (exact) mass is 856 g/mol. The Bertz CT molecular complexity index is 1710. The van der Waals surface area contributed by atoms with Crippen LogP contribution in [0.2, 0.25) is 0 Å². The second kappa shape index (κ2) is 25.3. The fourth-order valence-corrected chi connectivity index (χ4v) is 8.33. The van der Waals surface area contributed by atoms with Gasteiger partial charge in [0.15, 0.2) is 11.6 Å². The van der Waals surface area contributed by atoms with E-state index in [4.69, 9.17) is 9.47 Å². The number of hydrogen-bond acceptors (Lipinski definition) is 6. The highest BCUT2D eigenvalue weighted by molar-refractivity contribution is 5.96. The molecule has 2 aliphatic carbocycles. The van der Waals surface area contributed by atoms with Crippen molar-refractivity contribution in [1.82, 2.24) is 10.6 Å². The molecule has 0 unspecified atom stereocenters. The summed E-state index contributed by atoms with van der Waals surface area (Å²) in [6.07, 6.45) is 10.8. The topological polar surface area (TPSA) is 108 Å². The minimum absolute atomic E-state index is 0. The lowest BCUT2D eigenvalue weighted by Gasteiger charge is -2.40. The van der Waals surface area contributed by atoms with E-state index in [-0.39, 0.29) is 64.7 Å². The molecule has 0 aromatic heterocycles. The fraction of sp³-hybridized carbons (Fsp3) is 0.458. The minimum Gasteiger partial charge on any atom is -0.412 e. The van der Waals surface area contributed by atoms with Gasteiger partial charge in [-0.25, -0.2) is 8.78 Å². The number of rotatable bonds is 16. The van der Waals surface area contributed by atoms with Crippen LogP contribution >= 0.6 is 24.8 Å². The maximum atomic E-state index is 12.9. The van der Waals surface area contributed by atoms with E-state index in [9.17, 15) is 18.4 Å². The zero-order valence-corrected chi connectivity index (χ0v) is 36.6. The third-order valence-electron chi connectivity index (χ3n) is 11.8. The first-order valence-corrected chi connectivity index (χ1v) is 20.3. The number of ketones is 2. The largest absolute Gasteiger partial charge is 0.412 e. The quantitative estimate of drug-likeness (QED) is 0.0858. The number of nitrogens with one attached hydrogen (secondary N) is 2. The van der Waals surface area contributed by atoms with Crippen molar-refractivity contribution in [2.75, 3.05) is 27.3 Å². The van der Waals surface area contributed by atoms with Crippen LogP contribution in [-0.4, -0.2) is 56.4 Å². The van der Waals surface area contributed by atoms with Crippen LogP contribution < -0.4 is 10.6 Å². The number of carbonyl (C=O) groups excluding carboxylic acids is 2. The van der Waals surface area contributed by atoms with Gasteiger partial charge in [-0.1, -0.05) is 59.7 Å². The van der Waals surface area contributed by atoms with Gasteiger partial charge in [0.1, 0.15) is 11.6 Å². The molecule has 4 N–H and O–H groups in total. The highest BCUT2D eigenvalue weighted by Gasteiger charge is 2.38. The molecule has 2 saturated carbocycles. The van der Waals surface area contributed by atoms with E-state index >= 15 is 0 Å². The third kappa shape index (κ3) is 14.9. The molecule has 0 atom stereocenters. The smallest absolute Gasteiger partial charge is 0.162 e. The van der Waals surface area contributed by atoms with Crippen molar-refractivity contribution in [1.29, 1.82) is 0 Å². The Morgan fingerprint density at radius 2 is 0.932 bits per heavy atom. The van der Waals surface area contributed by atoms with Crippen molar-refractivity contribution in [3.8, 4) is 0 Å². The van der Waals surface area contributed by atoms with Crippen molar-refractivity contribution in [3.63, 3.8) is 0 Å². The maximum Gasteiger partial charge on any atom is 0.162 e. The maximum absolute atomic E-state index is 12.9. The predicted octanol–water partition coefficient (Wildman–Crippen LogP) is 10.4. The lowest BCUT2D eigenvalue weighted by atomic mass is 9.77. The second-order valence-electron chi connectivity index (χ2n) is 15.7. The number of Topliss-reactive ketones (excluding diaryl/α,β-unsaturated/α-hetero) is 2. The van der Waals surface area contributed by atoms with Gasteiger partial charge in [-0.05, 0) is 151 Å². The Kier molecular flexibility index (Phi) is 22.1. The van der Waals surface area contributed by atoms with E-state index in [2.05, 4.69) is 73.0 Å². The fourth-order valence-electron chi connectivity index (χ4n) is 8.33. The van der Waals surface area contributed by atoms with E-state index in [1.807, 2.05) is 14.2 Å². The molecule has 0 radical (unpaired) electrons. The summed E-state index contributed by atoms with van der Waals surface area (Å²) in [5.74, 6) is -0.479. The van der Waals surface area contributed by atoms with Crippen LogP contribution in [0.3, 0.4) is 0 Å². The molecular weight excluding hydrogens is 793 g/mol. The van der Waals surface area contributed by atoms with Gasteiger partial charge >= 0.3 is 0 Å². The molecule has 0 amide bonds. The van der Waals surface area contributed by atoms with E-state index in [1.165, 1.54) is 46.5 Å². The number of halogens is 4. The molecule has 0 spiro atoms. The highest BCUT2D eigenvalue weighted by atomic mass is 35.5. The minimum atomic E-state index is -0.312. The van der Waals surface area contributed by atoms with Crippen molar-refractivity contribution in [3.05, 3.63) is 142 Å². The van der Waals surface area contributed by atoms with E-state index in [1.54, 1.807) is 24.3 Å². The first-order valence-electron chi connectivity index (χ1n) is 20.3. The van der Waals surface area contributed by atoms with Gasteiger partial charge < -0.3 is 25.6 Å². The molecular formula is C48H64Cl2F2N2O5. The molecule has 2 aliphatic rings. The Balaban J connectivity index is 0.000000387. The summed E-state index contributed by atoms with van der Waals surface area (Å²) >= 11 is 0. The average Bonchev–Trinajstić information content (AvgIpc) is 3.22. The lowest BCUT2D eigenvalue weighted by Crippen LogP contribution is -2.41. The molecule has 11 heteroatoms. The van der Waals surface area contributed by atoms with Crippen LogP contribution in [-0.2, 0) is 20.7 Å². The molecule has 4 aromatic rings. The van der Waals surface area contributed by atoms with Crippen LogP contribution in [0.25, 0.3) is 0 Å². The summed E-state index contributed by atoms with van der Waals surface area (Å²) in [7, 11) is 3.63. The molecule has 0 saturated heterocycles. The molecule has 0 aliphatic heterocycles. The predicted molar refractivity (Wildman–Crippen MR) is 238 cm³/mol. The SMILES string of the molecule is COC1(c2cccc(C)c2)CCC(NCCCC(=O)c2ccc(F)cc2)CC1.COC1(c2cccc(C)c2)CCC(NCCCC(=O)c2ccc(F)cc2)CC1.Cl.Cl.O. The molecule has 4 aromatic carbocycles. The van der Waals surface area contributed by atoms with Gasteiger partial charge in [-0.15, -0.1) is 24.8 Å². The Hall–Kier alpha value is -3.54. The molecule has 7 nitrogen and oxygen atoms in total. The van der Waals surface area contributed by atoms with Crippen LogP contribution in [0.5, 0.6) is 0 Å². The Morgan fingerprint density at radius 1 is 0.593 bits per heavy atom. The molecule has 0 bridgehead atoms. The first kappa shape index (κ1) is 51.6. The number of hydrogen-bond donors (Lipinski definition) is 2. The highest BCUT2D eigenvalue weighted by Crippen LogP contribution is 2.41. The zero-order chi connectivity index (χ0) is 40.0. The molecule has 59 heavy (non-hydrogen) atoms.